The van der Waals surface area contributed by atoms with E-state index in [0.29, 0.717) is 24.4 Å². The summed E-state index contributed by atoms with van der Waals surface area (Å²) in [6.45, 7) is 15.1. The van der Waals surface area contributed by atoms with Crippen molar-refractivity contribution >= 4 is 0 Å². The number of hydrogen-bond acceptors (Lipinski definition) is 4. The number of hydrogen-bond donors (Lipinski definition) is 3. The number of aliphatic hydroxyl groups excluding tert-OH is 3. The molecule has 1 aliphatic heterocycles. The first-order chi connectivity index (χ1) is 15.7. The molecule has 2 bridgehead atoms. The number of allylic oxidation sites excluding steroid dienone is 1. The van der Waals surface area contributed by atoms with Crippen molar-refractivity contribution in [1.82, 2.24) is 0 Å². The highest BCUT2D eigenvalue weighted by atomic mass is 16.5. The van der Waals surface area contributed by atoms with Crippen LogP contribution in [0.15, 0.2) is 12.2 Å². The molecule has 192 valence electrons. The summed E-state index contributed by atoms with van der Waals surface area (Å²) in [5, 5.41) is 33.2. The first kappa shape index (κ1) is 23.9. The quantitative estimate of drug-likeness (QED) is 0.464. The Labute approximate surface area is 206 Å². The minimum absolute atomic E-state index is 0.00469. The molecule has 1 spiro atoms. The first-order valence-electron chi connectivity index (χ1n) is 14.1. The Bertz CT molecular complexity index is 913. The van der Waals surface area contributed by atoms with Crippen molar-refractivity contribution in [1.29, 1.82) is 0 Å². The third-order valence-corrected chi connectivity index (χ3v) is 13.7. The Morgan fingerprint density at radius 2 is 1.59 bits per heavy atom. The summed E-state index contributed by atoms with van der Waals surface area (Å²) in [6.07, 6.45) is 12.3. The highest BCUT2D eigenvalue weighted by molar-refractivity contribution is 5.35. The molecule has 3 N–H and O–H groups in total. The van der Waals surface area contributed by atoms with Gasteiger partial charge in [-0.05, 0) is 79.4 Å². The maximum absolute atomic E-state index is 11.8. The van der Waals surface area contributed by atoms with Crippen molar-refractivity contribution in [3.05, 3.63) is 12.2 Å². The van der Waals surface area contributed by atoms with Crippen LogP contribution >= 0.6 is 0 Å². The molecular weight excluding hydrogens is 424 g/mol. The van der Waals surface area contributed by atoms with Crippen LogP contribution in [0.3, 0.4) is 0 Å². The molecule has 4 nitrogen and oxygen atoms in total. The molecule has 6 aliphatic rings. The monoisotopic (exact) mass is 472 g/mol. The van der Waals surface area contributed by atoms with E-state index in [2.05, 4.69) is 53.7 Å². The fourth-order valence-corrected chi connectivity index (χ4v) is 11.3. The lowest BCUT2D eigenvalue weighted by Gasteiger charge is -2.73. The van der Waals surface area contributed by atoms with Crippen LogP contribution in [-0.2, 0) is 4.74 Å². The third kappa shape index (κ3) is 2.42. The highest BCUT2D eigenvalue weighted by Gasteiger charge is 2.78. The van der Waals surface area contributed by atoms with Gasteiger partial charge in [-0.15, -0.1) is 0 Å². The topological polar surface area (TPSA) is 69.9 Å². The molecule has 0 radical (unpaired) electrons. The minimum Gasteiger partial charge on any atom is -0.396 e. The third-order valence-electron chi connectivity index (χ3n) is 13.7. The maximum atomic E-state index is 11.8. The Morgan fingerprint density at radius 3 is 2.29 bits per heavy atom. The van der Waals surface area contributed by atoms with E-state index in [1.807, 2.05) is 0 Å². The molecule has 34 heavy (non-hydrogen) atoms. The average Bonchev–Trinajstić information content (AvgIpc) is 3.04. The smallest absolute Gasteiger partial charge is 0.0957 e. The lowest BCUT2D eigenvalue weighted by atomic mass is 9.32. The molecule has 1 heterocycles. The van der Waals surface area contributed by atoms with E-state index in [1.54, 1.807) is 0 Å². The largest absolute Gasteiger partial charge is 0.396 e. The second-order valence-corrected chi connectivity index (χ2v) is 15.4. The molecule has 5 fully saturated rings. The predicted octanol–water partition coefficient (Wildman–Crippen LogP) is 5.10. The fourth-order valence-electron chi connectivity index (χ4n) is 11.3. The molecule has 6 rings (SSSR count). The molecule has 2 unspecified atom stereocenters. The van der Waals surface area contributed by atoms with Gasteiger partial charge >= 0.3 is 0 Å². The van der Waals surface area contributed by atoms with E-state index < -0.39 is 11.5 Å². The predicted molar refractivity (Wildman–Crippen MR) is 133 cm³/mol. The zero-order valence-electron chi connectivity index (χ0n) is 22.4. The molecule has 4 heteroatoms. The van der Waals surface area contributed by atoms with Crippen LogP contribution < -0.4 is 0 Å². The van der Waals surface area contributed by atoms with Crippen molar-refractivity contribution in [2.75, 3.05) is 13.2 Å². The molecular formula is C30H48O4. The molecule has 4 saturated carbocycles. The Morgan fingerprint density at radius 1 is 0.853 bits per heavy atom. The van der Waals surface area contributed by atoms with E-state index in [0.717, 1.165) is 44.9 Å². The van der Waals surface area contributed by atoms with Crippen molar-refractivity contribution in [2.24, 2.45) is 50.2 Å². The van der Waals surface area contributed by atoms with E-state index in [9.17, 15) is 15.3 Å². The molecule has 0 aromatic rings. The van der Waals surface area contributed by atoms with E-state index >= 15 is 0 Å². The lowest BCUT2D eigenvalue weighted by molar-refractivity contribution is -0.259. The Balaban J connectivity index is 1.49. The molecule has 11 atom stereocenters. The van der Waals surface area contributed by atoms with Gasteiger partial charge in [0.1, 0.15) is 0 Å². The SMILES string of the molecule is CC1(C)CC[C@]23CO[C@@]4(C=C[C@H]5[C@]6(C)CCC(O)[C@@](C)(CO)[C@@H]6CC[C@]5(C)[C@]4(C)CC2O)[C@H]3C1. The van der Waals surface area contributed by atoms with Crippen LogP contribution in [0.25, 0.3) is 0 Å². The summed E-state index contributed by atoms with van der Waals surface area (Å²) in [7, 11) is 0. The van der Waals surface area contributed by atoms with Crippen LogP contribution in [0.2, 0.25) is 0 Å². The summed E-state index contributed by atoms with van der Waals surface area (Å²) in [5.41, 5.74) is -0.668. The van der Waals surface area contributed by atoms with Gasteiger partial charge in [-0.3, -0.25) is 0 Å². The average molecular weight is 473 g/mol. The second-order valence-electron chi connectivity index (χ2n) is 15.4. The van der Waals surface area contributed by atoms with Gasteiger partial charge in [0, 0.05) is 22.2 Å². The summed E-state index contributed by atoms with van der Waals surface area (Å²) in [6, 6.07) is 0. The van der Waals surface area contributed by atoms with Gasteiger partial charge in [0.15, 0.2) is 0 Å². The number of ether oxygens (including phenoxy) is 1. The minimum atomic E-state index is -0.448. The van der Waals surface area contributed by atoms with E-state index in [1.165, 1.54) is 6.42 Å². The van der Waals surface area contributed by atoms with E-state index in [4.69, 9.17) is 4.74 Å². The van der Waals surface area contributed by atoms with Crippen molar-refractivity contribution in [3.63, 3.8) is 0 Å². The Kier molecular flexibility index (Phi) is 4.73. The van der Waals surface area contributed by atoms with Gasteiger partial charge < -0.3 is 20.1 Å². The van der Waals surface area contributed by atoms with Crippen molar-refractivity contribution < 1.29 is 20.1 Å². The highest BCUT2D eigenvalue weighted by Crippen LogP contribution is 2.79. The summed E-state index contributed by atoms with van der Waals surface area (Å²) in [5.74, 6) is 1.01. The van der Waals surface area contributed by atoms with Gasteiger partial charge in [-0.2, -0.15) is 0 Å². The number of aliphatic hydroxyl groups is 3. The molecule has 0 amide bonds. The van der Waals surface area contributed by atoms with Crippen molar-refractivity contribution in [2.45, 2.75) is 111 Å². The van der Waals surface area contributed by atoms with Crippen molar-refractivity contribution in [3.8, 4) is 0 Å². The summed E-state index contributed by atoms with van der Waals surface area (Å²) >= 11 is 0. The molecule has 0 aromatic carbocycles. The van der Waals surface area contributed by atoms with Gasteiger partial charge in [-0.1, -0.05) is 53.7 Å². The zero-order valence-corrected chi connectivity index (χ0v) is 22.4. The second kappa shape index (κ2) is 6.71. The molecule has 5 aliphatic carbocycles. The Hall–Kier alpha value is -0.420. The van der Waals surface area contributed by atoms with Crippen LogP contribution in [0, 0.1) is 50.2 Å². The van der Waals surface area contributed by atoms with Crippen LogP contribution in [-0.4, -0.2) is 46.3 Å². The fraction of sp³-hybridized carbons (Fsp3) is 0.933. The molecule has 0 aromatic heterocycles. The van der Waals surface area contributed by atoms with Crippen LogP contribution in [0.1, 0.15) is 92.9 Å². The van der Waals surface area contributed by atoms with Crippen LogP contribution in [0.4, 0.5) is 0 Å². The van der Waals surface area contributed by atoms with Crippen LogP contribution in [0.5, 0.6) is 0 Å². The summed E-state index contributed by atoms with van der Waals surface area (Å²) < 4.78 is 7.01. The first-order valence-corrected chi connectivity index (χ1v) is 14.1. The lowest BCUT2D eigenvalue weighted by Crippen LogP contribution is -2.72. The number of rotatable bonds is 1. The van der Waals surface area contributed by atoms with Gasteiger partial charge in [0.2, 0.25) is 0 Å². The van der Waals surface area contributed by atoms with Gasteiger partial charge in [0.05, 0.1) is 31.0 Å². The summed E-state index contributed by atoms with van der Waals surface area (Å²) in [4.78, 5) is 0. The van der Waals surface area contributed by atoms with Gasteiger partial charge in [-0.25, -0.2) is 0 Å². The zero-order chi connectivity index (χ0) is 24.6. The normalized spacial score (nSPS) is 61.7. The maximum Gasteiger partial charge on any atom is 0.0957 e. The van der Waals surface area contributed by atoms with E-state index in [-0.39, 0.29) is 45.4 Å². The number of fused-ring (bicyclic) bond motifs is 4. The standard InChI is InChI=1S/C30H48O4/c1-24(2)13-14-29-18-34-30(21(29)15-24)12-8-20-25(3)10-9-22(32)26(4,17-31)19(25)7-11-27(20,5)28(30,6)16-23(29)33/h8,12,19-23,31-33H,7,9-11,13-18H2,1-6H3/t19-,20+,21+,22?,23?,25-,26+,27+,28+,29-,30+/m1/s1. The molecule has 1 saturated heterocycles. The van der Waals surface area contributed by atoms with Gasteiger partial charge in [0.25, 0.3) is 0 Å².